The number of aliphatic hydroxyl groups is 1. The number of rotatable bonds is 9. The van der Waals surface area contributed by atoms with Crippen molar-refractivity contribution in [2.45, 2.75) is 33.2 Å². The average molecular weight is 482 g/mol. The van der Waals surface area contributed by atoms with Crippen LogP contribution in [0.3, 0.4) is 0 Å². The van der Waals surface area contributed by atoms with E-state index < -0.39 is 11.5 Å². The molecular weight excluding hydrogens is 450 g/mol. The molecule has 0 saturated heterocycles. The Labute approximate surface area is 203 Å². The summed E-state index contributed by atoms with van der Waals surface area (Å²) in [5.74, 6) is 0.255. The predicted octanol–water partition coefficient (Wildman–Crippen LogP) is 3.24. The van der Waals surface area contributed by atoms with Crippen LogP contribution in [0.15, 0.2) is 41.2 Å². The van der Waals surface area contributed by atoms with E-state index in [2.05, 4.69) is 15.6 Å². The summed E-state index contributed by atoms with van der Waals surface area (Å²) in [7, 11) is 3.00. The Hall–Kier alpha value is -3.85. The maximum Gasteiger partial charge on any atom is 0.261 e. The maximum absolute atomic E-state index is 13.0. The SMILES string of the molecule is COc1cc2cc(C(=O)Nc3cc(C(=O)NC(CO)CC(C)C)ccc3C)c(=O)[nH]c2cc1OC. The van der Waals surface area contributed by atoms with E-state index >= 15 is 0 Å². The van der Waals surface area contributed by atoms with Gasteiger partial charge in [-0.05, 0) is 49.1 Å². The number of aromatic nitrogens is 1. The number of aryl methyl sites for hydroxylation is 1. The molecule has 2 aromatic carbocycles. The Morgan fingerprint density at radius 3 is 2.34 bits per heavy atom. The molecule has 0 aliphatic rings. The lowest BCUT2D eigenvalue weighted by molar-refractivity contribution is 0.0907. The molecule has 1 atom stereocenters. The van der Waals surface area contributed by atoms with E-state index in [0.717, 1.165) is 5.56 Å². The molecule has 0 bridgehead atoms. The van der Waals surface area contributed by atoms with Gasteiger partial charge in [0.25, 0.3) is 17.4 Å². The van der Waals surface area contributed by atoms with Crippen molar-refractivity contribution >= 4 is 28.4 Å². The molecule has 0 aliphatic heterocycles. The third kappa shape index (κ3) is 5.99. The summed E-state index contributed by atoms with van der Waals surface area (Å²) in [5, 5.41) is 15.7. The molecule has 1 heterocycles. The van der Waals surface area contributed by atoms with Crippen molar-refractivity contribution in [2.24, 2.45) is 5.92 Å². The van der Waals surface area contributed by atoms with Gasteiger partial charge in [-0.2, -0.15) is 0 Å². The monoisotopic (exact) mass is 481 g/mol. The number of pyridine rings is 1. The van der Waals surface area contributed by atoms with Crippen LogP contribution in [-0.2, 0) is 0 Å². The second-order valence-corrected chi connectivity index (χ2v) is 8.77. The summed E-state index contributed by atoms with van der Waals surface area (Å²) in [6.45, 7) is 5.64. The summed E-state index contributed by atoms with van der Waals surface area (Å²) in [6.07, 6.45) is 0.638. The molecular formula is C26H31N3O6. The van der Waals surface area contributed by atoms with Crippen LogP contribution in [0.5, 0.6) is 11.5 Å². The molecule has 9 heteroatoms. The highest BCUT2D eigenvalue weighted by Gasteiger charge is 2.18. The first-order chi connectivity index (χ1) is 16.7. The van der Waals surface area contributed by atoms with Crippen molar-refractivity contribution in [1.29, 1.82) is 0 Å². The number of aliphatic hydroxyl groups excluding tert-OH is 1. The maximum atomic E-state index is 13.0. The van der Waals surface area contributed by atoms with Gasteiger partial charge in [-0.15, -0.1) is 0 Å². The minimum Gasteiger partial charge on any atom is -0.493 e. The lowest BCUT2D eigenvalue weighted by atomic mass is 10.0. The fourth-order valence-electron chi connectivity index (χ4n) is 3.81. The fourth-order valence-corrected chi connectivity index (χ4v) is 3.81. The first-order valence-corrected chi connectivity index (χ1v) is 11.3. The number of ether oxygens (including phenoxy) is 2. The number of benzene rings is 2. The molecule has 0 aliphatic carbocycles. The largest absolute Gasteiger partial charge is 0.493 e. The predicted molar refractivity (Wildman–Crippen MR) is 135 cm³/mol. The van der Waals surface area contributed by atoms with E-state index in [1.165, 1.54) is 20.3 Å². The summed E-state index contributed by atoms with van der Waals surface area (Å²) in [4.78, 5) is 41.1. The third-order valence-electron chi connectivity index (χ3n) is 5.65. The normalized spacial score (nSPS) is 11.9. The van der Waals surface area contributed by atoms with E-state index in [9.17, 15) is 19.5 Å². The molecule has 2 amide bonds. The van der Waals surface area contributed by atoms with E-state index in [-0.39, 0.29) is 24.1 Å². The molecule has 9 nitrogen and oxygen atoms in total. The van der Waals surface area contributed by atoms with Gasteiger partial charge >= 0.3 is 0 Å². The van der Waals surface area contributed by atoms with Crippen molar-refractivity contribution < 1.29 is 24.2 Å². The number of amides is 2. The number of carbonyl (C=O) groups is 2. The number of fused-ring (bicyclic) bond motifs is 1. The Morgan fingerprint density at radius 2 is 1.71 bits per heavy atom. The van der Waals surface area contributed by atoms with Gasteiger partial charge in [-0.1, -0.05) is 19.9 Å². The minimum atomic E-state index is -0.614. The summed E-state index contributed by atoms with van der Waals surface area (Å²) < 4.78 is 10.6. The van der Waals surface area contributed by atoms with Gasteiger partial charge in [0.05, 0.1) is 32.4 Å². The van der Waals surface area contributed by atoms with Crippen LogP contribution < -0.4 is 25.7 Å². The average Bonchev–Trinajstić information content (AvgIpc) is 2.83. The Kier molecular flexibility index (Phi) is 8.14. The second-order valence-electron chi connectivity index (χ2n) is 8.77. The number of hydrogen-bond donors (Lipinski definition) is 4. The number of nitrogens with one attached hydrogen (secondary N) is 3. The van der Waals surface area contributed by atoms with Crippen LogP contribution in [0, 0.1) is 12.8 Å². The number of aromatic amines is 1. The smallest absolute Gasteiger partial charge is 0.261 e. The van der Waals surface area contributed by atoms with Gasteiger partial charge in [-0.3, -0.25) is 14.4 Å². The van der Waals surface area contributed by atoms with Crippen LogP contribution in [-0.4, -0.2) is 48.8 Å². The number of H-pyrrole nitrogens is 1. The first kappa shape index (κ1) is 25.8. The summed E-state index contributed by atoms with van der Waals surface area (Å²) in [5.41, 5.74) is 1.30. The first-order valence-electron chi connectivity index (χ1n) is 11.3. The van der Waals surface area contributed by atoms with E-state index in [4.69, 9.17) is 9.47 Å². The minimum absolute atomic E-state index is 0.0868. The lowest BCUT2D eigenvalue weighted by Crippen LogP contribution is -2.38. The highest BCUT2D eigenvalue weighted by molar-refractivity contribution is 6.07. The second kappa shape index (κ2) is 11.1. The van der Waals surface area contributed by atoms with Gasteiger partial charge in [0, 0.05) is 22.7 Å². The molecule has 186 valence electrons. The van der Waals surface area contributed by atoms with Crippen molar-refractivity contribution in [2.75, 3.05) is 26.1 Å². The molecule has 1 unspecified atom stereocenters. The van der Waals surface area contributed by atoms with Crippen molar-refractivity contribution in [1.82, 2.24) is 10.3 Å². The van der Waals surface area contributed by atoms with Crippen LogP contribution in [0.2, 0.25) is 0 Å². The van der Waals surface area contributed by atoms with Gasteiger partial charge < -0.3 is 30.2 Å². The molecule has 0 spiro atoms. The van der Waals surface area contributed by atoms with Gasteiger partial charge in [0.15, 0.2) is 11.5 Å². The summed E-state index contributed by atoms with van der Waals surface area (Å²) >= 11 is 0. The number of carbonyl (C=O) groups excluding carboxylic acids is 2. The lowest BCUT2D eigenvalue weighted by Gasteiger charge is -2.19. The molecule has 0 radical (unpaired) electrons. The zero-order valence-electron chi connectivity index (χ0n) is 20.5. The Morgan fingerprint density at radius 1 is 1.03 bits per heavy atom. The van der Waals surface area contributed by atoms with Gasteiger partial charge in [0.2, 0.25) is 0 Å². The van der Waals surface area contributed by atoms with Gasteiger partial charge in [0.1, 0.15) is 5.56 Å². The van der Waals surface area contributed by atoms with Gasteiger partial charge in [-0.25, -0.2) is 0 Å². The van der Waals surface area contributed by atoms with E-state index in [1.807, 2.05) is 13.8 Å². The standard InChI is InChI=1S/C26H31N3O6/c1-14(2)8-18(13-30)27-24(31)16-7-6-15(3)20(10-16)28-25(32)19-9-17-11-22(34-4)23(35-5)12-21(17)29-26(19)33/h6-7,9-12,14,18,30H,8,13H2,1-5H3,(H,27,31)(H,28,32)(H,29,33). The van der Waals surface area contributed by atoms with Crippen LogP contribution in [0.1, 0.15) is 46.5 Å². The Bertz CT molecular complexity index is 1300. The van der Waals surface area contributed by atoms with Crippen LogP contribution in [0.4, 0.5) is 5.69 Å². The molecule has 0 saturated carbocycles. The molecule has 4 N–H and O–H groups in total. The molecule has 3 aromatic rings. The molecule has 1 aromatic heterocycles. The van der Waals surface area contributed by atoms with E-state index in [0.29, 0.717) is 46.0 Å². The number of methoxy groups -OCH3 is 2. The number of hydrogen-bond acceptors (Lipinski definition) is 6. The zero-order chi connectivity index (χ0) is 25.7. The van der Waals surface area contributed by atoms with Crippen molar-refractivity contribution in [3.63, 3.8) is 0 Å². The van der Waals surface area contributed by atoms with Crippen molar-refractivity contribution in [3.8, 4) is 11.5 Å². The zero-order valence-corrected chi connectivity index (χ0v) is 20.5. The van der Waals surface area contributed by atoms with E-state index in [1.54, 1.807) is 37.3 Å². The quantitative estimate of drug-likeness (QED) is 0.371. The van der Waals surface area contributed by atoms with Crippen LogP contribution >= 0.6 is 0 Å². The molecule has 0 fully saturated rings. The highest BCUT2D eigenvalue weighted by atomic mass is 16.5. The van der Waals surface area contributed by atoms with Crippen molar-refractivity contribution in [3.05, 3.63) is 63.4 Å². The van der Waals surface area contributed by atoms with Crippen LogP contribution in [0.25, 0.3) is 10.9 Å². The molecule has 35 heavy (non-hydrogen) atoms. The third-order valence-corrected chi connectivity index (χ3v) is 5.65. The fraction of sp³-hybridized carbons (Fsp3) is 0.346. The Balaban J connectivity index is 1.87. The summed E-state index contributed by atoms with van der Waals surface area (Å²) in [6, 6.07) is 9.32. The topological polar surface area (TPSA) is 130 Å². The highest BCUT2D eigenvalue weighted by Crippen LogP contribution is 2.31. The number of anilines is 1. The molecule has 3 rings (SSSR count).